The zero-order chi connectivity index (χ0) is 19.7. The first-order valence-corrected chi connectivity index (χ1v) is 9.21. The van der Waals surface area contributed by atoms with Crippen molar-refractivity contribution in [1.29, 1.82) is 0 Å². The van der Waals surface area contributed by atoms with E-state index in [1.165, 1.54) is 6.92 Å². The Balaban J connectivity index is 1.48. The van der Waals surface area contributed by atoms with Crippen molar-refractivity contribution in [3.05, 3.63) is 53.6 Å². The standard InChI is InChI=1S/C21H22N2O5/c1-13(24)22-16-5-2-14(3-6-16)9-23-10-17(18(11-23)21(25)26)15-4-7-19-20(8-15)28-12-27-19/h2-8,17-18H,9-12H2,1H3,(H,22,24)(H,25,26)/t17-,18+/m1/s1. The van der Waals surface area contributed by atoms with Crippen LogP contribution in [0.15, 0.2) is 42.5 Å². The minimum absolute atomic E-state index is 0.106. The molecule has 2 heterocycles. The first-order chi connectivity index (χ1) is 13.5. The number of fused-ring (bicyclic) bond motifs is 1. The molecule has 2 aliphatic heterocycles. The molecule has 146 valence electrons. The van der Waals surface area contributed by atoms with Gasteiger partial charge >= 0.3 is 5.97 Å². The molecular weight excluding hydrogens is 360 g/mol. The van der Waals surface area contributed by atoms with Crippen LogP contribution in [0.5, 0.6) is 11.5 Å². The highest BCUT2D eigenvalue weighted by Crippen LogP contribution is 2.39. The summed E-state index contributed by atoms with van der Waals surface area (Å²) in [6.45, 7) is 3.48. The van der Waals surface area contributed by atoms with Gasteiger partial charge in [0.25, 0.3) is 0 Å². The van der Waals surface area contributed by atoms with Gasteiger partial charge in [0.05, 0.1) is 5.92 Å². The van der Waals surface area contributed by atoms with Gasteiger partial charge in [-0.05, 0) is 35.4 Å². The van der Waals surface area contributed by atoms with Gasteiger partial charge in [-0.25, -0.2) is 0 Å². The lowest BCUT2D eigenvalue weighted by atomic mass is 9.89. The molecule has 0 aliphatic carbocycles. The van der Waals surface area contributed by atoms with Gasteiger partial charge in [-0.1, -0.05) is 18.2 Å². The van der Waals surface area contributed by atoms with Crippen LogP contribution in [0.4, 0.5) is 5.69 Å². The van der Waals surface area contributed by atoms with Crippen molar-refractivity contribution in [2.45, 2.75) is 19.4 Å². The van der Waals surface area contributed by atoms with Gasteiger partial charge in [-0.3, -0.25) is 14.5 Å². The van der Waals surface area contributed by atoms with E-state index in [0.717, 1.165) is 16.8 Å². The maximum absolute atomic E-state index is 11.8. The Bertz CT molecular complexity index is 896. The third-order valence-electron chi connectivity index (χ3n) is 5.22. The third kappa shape index (κ3) is 3.80. The van der Waals surface area contributed by atoms with Gasteiger partial charge in [0, 0.05) is 38.2 Å². The summed E-state index contributed by atoms with van der Waals surface area (Å²) in [6.07, 6.45) is 0. The average molecular weight is 382 g/mol. The quantitative estimate of drug-likeness (QED) is 0.827. The van der Waals surface area contributed by atoms with Crippen molar-refractivity contribution in [1.82, 2.24) is 4.90 Å². The third-order valence-corrected chi connectivity index (χ3v) is 5.22. The van der Waals surface area contributed by atoms with E-state index >= 15 is 0 Å². The first-order valence-electron chi connectivity index (χ1n) is 9.21. The number of nitrogens with zero attached hydrogens (tertiary/aromatic N) is 1. The smallest absolute Gasteiger partial charge is 0.308 e. The fourth-order valence-corrected chi connectivity index (χ4v) is 3.90. The molecule has 2 aromatic carbocycles. The fourth-order valence-electron chi connectivity index (χ4n) is 3.90. The predicted octanol–water partition coefficient (Wildman–Crippen LogP) is 2.67. The molecule has 2 aliphatic rings. The number of benzene rings is 2. The Morgan fingerprint density at radius 2 is 1.86 bits per heavy atom. The molecule has 0 radical (unpaired) electrons. The molecule has 2 atom stereocenters. The van der Waals surface area contributed by atoms with Gasteiger partial charge in [0.1, 0.15) is 0 Å². The zero-order valence-electron chi connectivity index (χ0n) is 15.6. The minimum atomic E-state index is -0.786. The van der Waals surface area contributed by atoms with Gasteiger partial charge < -0.3 is 19.9 Å². The molecule has 7 nitrogen and oxygen atoms in total. The van der Waals surface area contributed by atoms with Crippen molar-refractivity contribution >= 4 is 17.6 Å². The first kappa shape index (κ1) is 18.3. The lowest BCUT2D eigenvalue weighted by molar-refractivity contribution is -0.141. The molecule has 2 aromatic rings. The number of rotatable bonds is 5. The number of carboxylic acid groups (broad SMARTS) is 1. The SMILES string of the molecule is CC(=O)Nc1ccc(CN2C[C@H](C(=O)O)[C@@H](c3ccc4c(c3)OCO4)C2)cc1. The topological polar surface area (TPSA) is 88.1 Å². The van der Waals surface area contributed by atoms with E-state index < -0.39 is 11.9 Å². The molecule has 28 heavy (non-hydrogen) atoms. The summed E-state index contributed by atoms with van der Waals surface area (Å²) in [5.74, 6) is -0.0996. The Morgan fingerprint density at radius 1 is 1.11 bits per heavy atom. The molecule has 1 fully saturated rings. The van der Waals surface area contributed by atoms with Crippen LogP contribution in [0, 0.1) is 5.92 Å². The Morgan fingerprint density at radius 3 is 2.57 bits per heavy atom. The fraction of sp³-hybridized carbons (Fsp3) is 0.333. The van der Waals surface area contributed by atoms with Crippen LogP contribution in [0.1, 0.15) is 24.0 Å². The van der Waals surface area contributed by atoms with Crippen LogP contribution in [0.25, 0.3) is 0 Å². The summed E-state index contributed by atoms with van der Waals surface area (Å²) in [5, 5.41) is 12.5. The molecule has 7 heteroatoms. The second-order valence-corrected chi connectivity index (χ2v) is 7.24. The van der Waals surface area contributed by atoms with E-state index in [2.05, 4.69) is 10.2 Å². The van der Waals surface area contributed by atoms with E-state index in [0.29, 0.717) is 31.1 Å². The monoisotopic (exact) mass is 382 g/mol. The highest BCUT2D eigenvalue weighted by Gasteiger charge is 2.39. The molecule has 0 bridgehead atoms. The number of anilines is 1. The molecule has 2 N–H and O–H groups in total. The zero-order valence-corrected chi connectivity index (χ0v) is 15.6. The second-order valence-electron chi connectivity index (χ2n) is 7.24. The number of carbonyl (C=O) groups is 2. The Hall–Kier alpha value is -3.06. The van der Waals surface area contributed by atoms with Crippen LogP contribution in [0.2, 0.25) is 0 Å². The Labute approximate surface area is 162 Å². The number of carboxylic acids is 1. The number of amides is 1. The van der Waals surface area contributed by atoms with Crippen LogP contribution in [-0.4, -0.2) is 41.8 Å². The van der Waals surface area contributed by atoms with E-state index in [1.807, 2.05) is 42.5 Å². The number of ether oxygens (including phenoxy) is 2. The van der Waals surface area contributed by atoms with Crippen molar-refractivity contribution in [3.63, 3.8) is 0 Å². The Kier molecular flexibility index (Phi) is 4.92. The molecular formula is C21H22N2O5. The van der Waals surface area contributed by atoms with Crippen LogP contribution >= 0.6 is 0 Å². The summed E-state index contributed by atoms with van der Waals surface area (Å²) in [7, 11) is 0. The van der Waals surface area contributed by atoms with Crippen molar-refractivity contribution in [2.75, 3.05) is 25.2 Å². The number of likely N-dealkylation sites (tertiary alicyclic amines) is 1. The van der Waals surface area contributed by atoms with Crippen molar-refractivity contribution in [3.8, 4) is 11.5 Å². The lowest BCUT2D eigenvalue weighted by Gasteiger charge is -2.17. The summed E-state index contributed by atoms with van der Waals surface area (Å²) in [6, 6.07) is 13.3. The minimum Gasteiger partial charge on any atom is -0.481 e. The average Bonchev–Trinajstić information content (AvgIpc) is 3.29. The summed E-state index contributed by atoms with van der Waals surface area (Å²) < 4.78 is 10.8. The number of hydrogen-bond acceptors (Lipinski definition) is 5. The highest BCUT2D eigenvalue weighted by atomic mass is 16.7. The maximum atomic E-state index is 11.8. The molecule has 0 aromatic heterocycles. The van der Waals surface area contributed by atoms with E-state index in [-0.39, 0.29) is 18.6 Å². The van der Waals surface area contributed by atoms with Crippen LogP contribution < -0.4 is 14.8 Å². The van der Waals surface area contributed by atoms with Gasteiger partial charge in [-0.2, -0.15) is 0 Å². The van der Waals surface area contributed by atoms with Gasteiger partial charge in [0.2, 0.25) is 12.7 Å². The van der Waals surface area contributed by atoms with Gasteiger partial charge in [0.15, 0.2) is 11.5 Å². The normalized spacial score (nSPS) is 20.9. The lowest BCUT2D eigenvalue weighted by Crippen LogP contribution is -2.23. The number of nitrogens with one attached hydrogen (secondary N) is 1. The van der Waals surface area contributed by atoms with Gasteiger partial charge in [-0.15, -0.1) is 0 Å². The molecule has 1 saturated heterocycles. The van der Waals surface area contributed by atoms with Crippen molar-refractivity contribution < 1.29 is 24.2 Å². The molecule has 4 rings (SSSR count). The summed E-state index contributed by atoms with van der Waals surface area (Å²) >= 11 is 0. The number of aliphatic carboxylic acids is 1. The summed E-state index contributed by atoms with van der Waals surface area (Å²) in [5.41, 5.74) is 2.78. The van der Waals surface area contributed by atoms with E-state index in [1.54, 1.807) is 0 Å². The second kappa shape index (κ2) is 7.52. The predicted molar refractivity (Wildman–Crippen MR) is 102 cm³/mol. The number of hydrogen-bond donors (Lipinski definition) is 2. The maximum Gasteiger partial charge on any atom is 0.308 e. The van der Waals surface area contributed by atoms with E-state index in [9.17, 15) is 14.7 Å². The van der Waals surface area contributed by atoms with E-state index in [4.69, 9.17) is 9.47 Å². The molecule has 0 unspecified atom stereocenters. The molecule has 0 saturated carbocycles. The highest BCUT2D eigenvalue weighted by molar-refractivity contribution is 5.88. The molecule has 0 spiro atoms. The van der Waals surface area contributed by atoms with Crippen LogP contribution in [-0.2, 0) is 16.1 Å². The van der Waals surface area contributed by atoms with Crippen molar-refractivity contribution in [2.24, 2.45) is 5.92 Å². The van der Waals surface area contributed by atoms with Crippen LogP contribution in [0.3, 0.4) is 0 Å². The number of carbonyl (C=O) groups excluding carboxylic acids is 1. The largest absolute Gasteiger partial charge is 0.481 e. The molecule has 1 amide bonds. The summed E-state index contributed by atoms with van der Waals surface area (Å²) in [4.78, 5) is 25.1.